The van der Waals surface area contributed by atoms with Crippen molar-refractivity contribution >= 4 is 0 Å². The SMILES string of the molecule is C=CN(C)C(C)(C)CCCC. The second-order valence-corrected chi connectivity index (χ2v) is 3.71. The van der Waals surface area contributed by atoms with Crippen molar-refractivity contribution in [2.24, 2.45) is 0 Å². The first-order chi connectivity index (χ1) is 5.04. The first kappa shape index (κ1) is 10.5. The van der Waals surface area contributed by atoms with E-state index in [4.69, 9.17) is 0 Å². The van der Waals surface area contributed by atoms with Gasteiger partial charge in [-0.25, -0.2) is 0 Å². The first-order valence-electron chi connectivity index (χ1n) is 4.40. The summed E-state index contributed by atoms with van der Waals surface area (Å²) >= 11 is 0. The summed E-state index contributed by atoms with van der Waals surface area (Å²) in [6, 6.07) is 0. The summed E-state index contributed by atoms with van der Waals surface area (Å²) in [5.41, 5.74) is 0.276. The molecule has 0 aliphatic rings. The molecule has 0 N–H and O–H groups in total. The zero-order valence-corrected chi connectivity index (χ0v) is 8.35. The van der Waals surface area contributed by atoms with Gasteiger partial charge in [-0.15, -0.1) is 0 Å². The molecule has 0 aromatic rings. The Bertz CT molecular complexity index is 116. The van der Waals surface area contributed by atoms with Crippen LogP contribution in [0.5, 0.6) is 0 Å². The Morgan fingerprint density at radius 1 is 1.45 bits per heavy atom. The number of hydrogen-bond donors (Lipinski definition) is 0. The van der Waals surface area contributed by atoms with Crippen LogP contribution in [0.4, 0.5) is 0 Å². The molecule has 11 heavy (non-hydrogen) atoms. The van der Waals surface area contributed by atoms with Crippen molar-refractivity contribution in [2.45, 2.75) is 45.6 Å². The van der Waals surface area contributed by atoms with Gasteiger partial charge in [0.15, 0.2) is 0 Å². The highest BCUT2D eigenvalue weighted by Crippen LogP contribution is 2.19. The van der Waals surface area contributed by atoms with Crippen molar-refractivity contribution in [1.82, 2.24) is 4.90 Å². The van der Waals surface area contributed by atoms with Crippen LogP contribution in [-0.4, -0.2) is 17.5 Å². The molecule has 66 valence electrons. The van der Waals surface area contributed by atoms with Gasteiger partial charge in [-0.1, -0.05) is 26.3 Å². The second kappa shape index (κ2) is 4.42. The molecular formula is C10H21N. The number of hydrogen-bond acceptors (Lipinski definition) is 1. The van der Waals surface area contributed by atoms with E-state index in [1.807, 2.05) is 6.20 Å². The van der Waals surface area contributed by atoms with Gasteiger partial charge in [-0.3, -0.25) is 0 Å². The number of nitrogens with zero attached hydrogens (tertiary/aromatic N) is 1. The largest absolute Gasteiger partial charge is 0.376 e. The van der Waals surface area contributed by atoms with Crippen LogP contribution in [-0.2, 0) is 0 Å². The summed E-state index contributed by atoms with van der Waals surface area (Å²) in [5, 5.41) is 0. The molecule has 0 heterocycles. The molecule has 0 radical (unpaired) electrons. The van der Waals surface area contributed by atoms with Gasteiger partial charge < -0.3 is 4.90 Å². The maximum Gasteiger partial charge on any atom is 0.0337 e. The summed E-state index contributed by atoms with van der Waals surface area (Å²) in [7, 11) is 2.09. The topological polar surface area (TPSA) is 3.24 Å². The lowest BCUT2D eigenvalue weighted by Gasteiger charge is -2.34. The molecule has 1 nitrogen and oxygen atoms in total. The van der Waals surface area contributed by atoms with E-state index in [1.54, 1.807) is 0 Å². The van der Waals surface area contributed by atoms with Crippen LogP contribution in [0.1, 0.15) is 40.0 Å². The Balaban J connectivity index is 3.87. The molecule has 0 aliphatic heterocycles. The van der Waals surface area contributed by atoms with Gasteiger partial charge in [-0.05, 0) is 26.5 Å². The molecule has 0 unspecified atom stereocenters. The van der Waals surface area contributed by atoms with Crippen molar-refractivity contribution in [3.8, 4) is 0 Å². The van der Waals surface area contributed by atoms with E-state index in [0.29, 0.717) is 0 Å². The summed E-state index contributed by atoms with van der Waals surface area (Å²) in [6.45, 7) is 10.5. The third-order valence-corrected chi connectivity index (χ3v) is 2.37. The summed E-state index contributed by atoms with van der Waals surface area (Å²) in [6.07, 6.45) is 5.71. The average Bonchev–Trinajstić information content (AvgIpc) is 1.99. The Morgan fingerprint density at radius 3 is 2.36 bits per heavy atom. The number of rotatable bonds is 5. The van der Waals surface area contributed by atoms with Gasteiger partial charge in [0.05, 0.1) is 0 Å². The van der Waals surface area contributed by atoms with Crippen molar-refractivity contribution < 1.29 is 0 Å². The lowest BCUT2D eigenvalue weighted by Crippen LogP contribution is -2.36. The minimum Gasteiger partial charge on any atom is -0.376 e. The van der Waals surface area contributed by atoms with Gasteiger partial charge >= 0.3 is 0 Å². The van der Waals surface area contributed by atoms with Crippen LogP contribution in [0.15, 0.2) is 12.8 Å². The van der Waals surface area contributed by atoms with Crippen molar-refractivity contribution in [3.63, 3.8) is 0 Å². The summed E-state index contributed by atoms with van der Waals surface area (Å²) in [4.78, 5) is 2.18. The molecule has 1 heteroatoms. The molecule has 0 aromatic carbocycles. The molecule has 0 aliphatic carbocycles. The van der Waals surface area contributed by atoms with Crippen LogP contribution in [0.2, 0.25) is 0 Å². The lowest BCUT2D eigenvalue weighted by molar-refractivity contribution is 0.205. The van der Waals surface area contributed by atoms with Crippen LogP contribution < -0.4 is 0 Å². The third kappa shape index (κ3) is 3.45. The highest BCUT2D eigenvalue weighted by Gasteiger charge is 2.19. The first-order valence-corrected chi connectivity index (χ1v) is 4.40. The molecule has 0 bridgehead atoms. The molecule has 0 saturated heterocycles. The van der Waals surface area contributed by atoms with Gasteiger partial charge in [0, 0.05) is 12.6 Å². The van der Waals surface area contributed by atoms with Crippen molar-refractivity contribution in [3.05, 3.63) is 12.8 Å². The second-order valence-electron chi connectivity index (χ2n) is 3.71. The Morgan fingerprint density at radius 2 is 2.00 bits per heavy atom. The van der Waals surface area contributed by atoms with E-state index in [-0.39, 0.29) is 5.54 Å². The summed E-state index contributed by atoms with van der Waals surface area (Å²) in [5.74, 6) is 0. The predicted molar refractivity (Wildman–Crippen MR) is 51.6 cm³/mol. The molecule has 0 fully saturated rings. The van der Waals surface area contributed by atoms with E-state index in [1.165, 1.54) is 19.3 Å². The van der Waals surface area contributed by atoms with Crippen LogP contribution >= 0.6 is 0 Å². The van der Waals surface area contributed by atoms with Crippen molar-refractivity contribution in [2.75, 3.05) is 7.05 Å². The molecular weight excluding hydrogens is 134 g/mol. The lowest BCUT2D eigenvalue weighted by atomic mass is 9.96. The monoisotopic (exact) mass is 155 g/mol. The quantitative estimate of drug-likeness (QED) is 0.590. The van der Waals surface area contributed by atoms with E-state index in [0.717, 1.165) is 0 Å². The minimum atomic E-state index is 0.276. The van der Waals surface area contributed by atoms with Gasteiger partial charge in [-0.2, -0.15) is 0 Å². The van der Waals surface area contributed by atoms with Crippen LogP contribution in [0, 0.1) is 0 Å². The Labute approximate surface area is 71.1 Å². The molecule has 0 atom stereocenters. The third-order valence-electron chi connectivity index (χ3n) is 2.37. The maximum atomic E-state index is 3.76. The highest BCUT2D eigenvalue weighted by molar-refractivity contribution is 4.84. The van der Waals surface area contributed by atoms with E-state index >= 15 is 0 Å². The number of unbranched alkanes of at least 4 members (excludes halogenated alkanes) is 1. The fourth-order valence-corrected chi connectivity index (χ4v) is 1.03. The minimum absolute atomic E-state index is 0.276. The molecule has 0 amide bonds. The highest BCUT2D eigenvalue weighted by atomic mass is 15.1. The fraction of sp³-hybridized carbons (Fsp3) is 0.800. The maximum absolute atomic E-state index is 3.76. The Kier molecular flexibility index (Phi) is 4.24. The standard InChI is InChI=1S/C10H21N/c1-6-8-9-10(3,4)11(5)7-2/h7H,2,6,8-9H2,1,3-5H3. The molecule has 0 aromatic heterocycles. The van der Waals surface area contributed by atoms with Crippen LogP contribution in [0.25, 0.3) is 0 Å². The van der Waals surface area contributed by atoms with E-state index < -0.39 is 0 Å². The zero-order valence-electron chi connectivity index (χ0n) is 8.35. The molecule has 0 rings (SSSR count). The Hall–Kier alpha value is -0.460. The predicted octanol–water partition coefficient (Wildman–Crippen LogP) is 3.03. The van der Waals surface area contributed by atoms with Gasteiger partial charge in [0.2, 0.25) is 0 Å². The van der Waals surface area contributed by atoms with Crippen LogP contribution in [0.3, 0.4) is 0 Å². The average molecular weight is 155 g/mol. The molecule has 0 spiro atoms. The van der Waals surface area contributed by atoms with E-state index in [2.05, 4.69) is 39.3 Å². The van der Waals surface area contributed by atoms with Crippen molar-refractivity contribution in [1.29, 1.82) is 0 Å². The molecule has 0 saturated carbocycles. The summed E-state index contributed by atoms with van der Waals surface area (Å²) < 4.78 is 0. The fourth-order valence-electron chi connectivity index (χ4n) is 1.03. The zero-order chi connectivity index (χ0) is 8.91. The van der Waals surface area contributed by atoms with E-state index in [9.17, 15) is 0 Å². The smallest absolute Gasteiger partial charge is 0.0337 e. The van der Waals surface area contributed by atoms with Gasteiger partial charge in [0.25, 0.3) is 0 Å². The van der Waals surface area contributed by atoms with Gasteiger partial charge in [0.1, 0.15) is 0 Å². The normalized spacial score (nSPS) is 11.3.